The number of benzene rings is 2. The molecule has 3 nitrogen and oxygen atoms in total. The van der Waals surface area contributed by atoms with Crippen molar-refractivity contribution in [2.75, 3.05) is 11.4 Å². The number of anilines is 1. The fourth-order valence-electron chi connectivity index (χ4n) is 2.88. The van der Waals surface area contributed by atoms with Crippen molar-refractivity contribution in [2.24, 2.45) is 0 Å². The molecular weight excluding hydrogens is 352 g/mol. The Morgan fingerprint density at radius 2 is 1.67 bits per heavy atom. The first-order valence-corrected chi connectivity index (χ1v) is 10.1. The van der Waals surface area contributed by atoms with Crippen molar-refractivity contribution >= 4 is 22.4 Å². The number of hydrogen-bond acceptors (Lipinski definition) is 3. The lowest BCUT2D eigenvalue weighted by Crippen LogP contribution is -2.30. The molecule has 0 aliphatic carbocycles. The number of rotatable bonds is 4. The highest BCUT2D eigenvalue weighted by Gasteiger charge is 2.20. The third kappa shape index (κ3) is 4.28. The van der Waals surface area contributed by atoms with Gasteiger partial charge in [0.1, 0.15) is 0 Å². The highest BCUT2D eigenvalue weighted by molar-refractivity contribution is 7.14. The molecule has 0 bridgehead atoms. The number of thiazole rings is 1. The average molecular weight is 379 g/mol. The predicted molar refractivity (Wildman–Crippen MR) is 115 cm³/mol. The van der Waals surface area contributed by atoms with Gasteiger partial charge in [-0.1, -0.05) is 62.7 Å². The Kier molecular flexibility index (Phi) is 5.47. The molecule has 0 saturated heterocycles. The van der Waals surface area contributed by atoms with Crippen LogP contribution in [0.25, 0.3) is 11.3 Å². The van der Waals surface area contributed by atoms with Gasteiger partial charge in [0.15, 0.2) is 5.13 Å². The molecule has 0 radical (unpaired) electrons. The normalized spacial score (nSPS) is 11.4. The third-order valence-electron chi connectivity index (χ3n) is 4.63. The van der Waals surface area contributed by atoms with Crippen LogP contribution < -0.4 is 4.90 Å². The Morgan fingerprint density at radius 3 is 2.22 bits per heavy atom. The lowest BCUT2D eigenvalue weighted by Gasteiger charge is -2.21. The van der Waals surface area contributed by atoms with Crippen molar-refractivity contribution in [1.29, 1.82) is 0 Å². The Labute approximate surface area is 165 Å². The fraction of sp³-hybridized carbons (Fsp3) is 0.304. The Hall–Kier alpha value is -2.46. The van der Waals surface area contributed by atoms with E-state index in [1.807, 2.05) is 36.6 Å². The summed E-state index contributed by atoms with van der Waals surface area (Å²) in [4.78, 5) is 19.5. The van der Waals surface area contributed by atoms with Gasteiger partial charge in [0.25, 0.3) is 5.91 Å². The van der Waals surface area contributed by atoms with Crippen LogP contribution in [0.3, 0.4) is 0 Å². The highest BCUT2D eigenvalue weighted by Crippen LogP contribution is 2.29. The van der Waals surface area contributed by atoms with E-state index in [9.17, 15) is 4.79 Å². The van der Waals surface area contributed by atoms with Gasteiger partial charge in [-0.05, 0) is 37.0 Å². The molecule has 1 aromatic heterocycles. The summed E-state index contributed by atoms with van der Waals surface area (Å²) in [5.74, 6) is -0.0113. The van der Waals surface area contributed by atoms with Crippen LogP contribution in [0, 0.1) is 6.92 Å². The molecule has 4 heteroatoms. The summed E-state index contributed by atoms with van der Waals surface area (Å²) in [6.07, 6.45) is 0. The quantitative estimate of drug-likeness (QED) is 0.551. The molecule has 0 atom stereocenters. The van der Waals surface area contributed by atoms with E-state index < -0.39 is 0 Å². The molecule has 0 fully saturated rings. The van der Waals surface area contributed by atoms with Crippen LogP contribution in [0.5, 0.6) is 0 Å². The van der Waals surface area contributed by atoms with Crippen molar-refractivity contribution in [3.05, 3.63) is 70.6 Å². The molecule has 140 valence electrons. The van der Waals surface area contributed by atoms with Crippen LogP contribution in [-0.4, -0.2) is 17.4 Å². The zero-order chi connectivity index (χ0) is 19.6. The number of amides is 1. The van der Waals surface area contributed by atoms with Gasteiger partial charge >= 0.3 is 0 Å². The Balaban J connectivity index is 1.84. The van der Waals surface area contributed by atoms with Crippen LogP contribution in [0.1, 0.15) is 49.2 Å². The maximum Gasteiger partial charge on any atom is 0.260 e. The van der Waals surface area contributed by atoms with Gasteiger partial charge in [0.2, 0.25) is 0 Å². The zero-order valence-corrected chi connectivity index (χ0v) is 17.4. The largest absolute Gasteiger partial charge is 0.284 e. The molecule has 0 aliphatic rings. The van der Waals surface area contributed by atoms with E-state index in [1.165, 1.54) is 22.5 Å². The predicted octanol–water partition coefficient (Wildman–Crippen LogP) is 6.08. The number of carbonyl (C=O) groups is 1. The molecule has 27 heavy (non-hydrogen) atoms. The van der Waals surface area contributed by atoms with E-state index in [4.69, 9.17) is 4.98 Å². The molecule has 2 aromatic carbocycles. The summed E-state index contributed by atoms with van der Waals surface area (Å²) in [7, 11) is 0. The lowest BCUT2D eigenvalue weighted by atomic mass is 9.86. The van der Waals surface area contributed by atoms with Crippen molar-refractivity contribution < 1.29 is 4.79 Å². The van der Waals surface area contributed by atoms with Crippen LogP contribution in [0.15, 0.2) is 53.9 Å². The summed E-state index contributed by atoms with van der Waals surface area (Å²) in [6.45, 7) is 11.1. The number of hydrogen-bond donors (Lipinski definition) is 0. The second-order valence-electron chi connectivity index (χ2n) is 7.76. The summed E-state index contributed by atoms with van der Waals surface area (Å²) in [6, 6.07) is 16.2. The second kappa shape index (κ2) is 7.65. The molecule has 3 rings (SSSR count). The minimum absolute atomic E-state index is 0.0113. The van der Waals surface area contributed by atoms with Gasteiger partial charge in [-0.2, -0.15) is 0 Å². The molecular formula is C23H26N2OS. The number of aromatic nitrogens is 1. The van der Waals surface area contributed by atoms with Gasteiger partial charge in [-0.3, -0.25) is 9.69 Å². The minimum atomic E-state index is -0.0113. The SMILES string of the molecule is CCN(C(=O)c1ccc(C(C)(C)C)cc1)c1nc(-c2ccc(C)cc2)cs1. The van der Waals surface area contributed by atoms with Crippen LogP contribution in [0.2, 0.25) is 0 Å². The number of nitrogens with zero attached hydrogens (tertiary/aromatic N) is 2. The fourth-order valence-corrected chi connectivity index (χ4v) is 3.78. The Bertz CT molecular complexity index is 918. The molecule has 0 unspecified atom stereocenters. The zero-order valence-electron chi connectivity index (χ0n) is 16.6. The maximum atomic E-state index is 13.0. The average Bonchev–Trinajstić information content (AvgIpc) is 3.12. The standard InChI is InChI=1S/C23H26N2OS/c1-6-25(21(26)18-11-13-19(14-12-18)23(3,4)5)22-24-20(15-27-22)17-9-7-16(2)8-10-17/h7-15H,6H2,1-5H3. The van der Waals surface area contributed by atoms with Crippen LogP contribution in [-0.2, 0) is 5.41 Å². The first-order valence-electron chi connectivity index (χ1n) is 9.24. The van der Waals surface area contributed by atoms with Gasteiger partial charge in [-0.25, -0.2) is 4.98 Å². The van der Waals surface area contributed by atoms with Gasteiger partial charge in [-0.15, -0.1) is 11.3 Å². The van der Waals surface area contributed by atoms with E-state index in [0.717, 1.165) is 16.4 Å². The summed E-state index contributed by atoms with van der Waals surface area (Å²) >= 11 is 1.51. The van der Waals surface area contributed by atoms with E-state index in [0.29, 0.717) is 12.1 Å². The number of carbonyl (C=O) groups excluding carboxylic acids is 1. The molecule has 0 saturated carbocycles. The Morgan fingerprint density at radius 1 is 1.04 bits per heavy atom. The van der Waals surface area contributed by atoms with E-state index in [2.05, 4.69) is 52.0 Å². The molecule has 0 N–H and O–H groups in total. The van der Waals surface area contributed by atoms with Crippen molar-refractivity contribution in [3.8, 4) is 11.3 Å². The lowest BCUT2D eigenvalue weighted by molar-refractivity contribution is 0.0988. The van der Waals surface area contributed by atoms with Gasteiger partial charge < -0.3 is 0 Å². The number of aryl methyl sites for hydroxylation is 1. The first-order chi connectivity index (χ1) is 12.8. The first kappa shape index (κ1) is 19.3. The molecule has 1 amide bonds. The topological polar surface area (TPSA) is 33.2 Å². The summed E-state index contributed by atoms with van der Waals surface area (Å²) < 4.78 is 0. The third-order valence-corrected chi connectivity index (χ3v) is 5.49. The van der Waals surface area contributed by atoms with Crippen molar-refractivity contribution in [1.82, 2.24) is 4.98 Å². The smallest absolute Gasteiger partial charge is 0.260 e. The second-order valence-corrected chi connectivity index (χ2v) is 8.59. The molecule has 0 aliphatic heterocycles. The van der Waals surface area contributed by atoms with Gasteiger partial charge in [0.05, 0.1) is 5.69 Å². The summed E-state index contributed by atoms with van der Waals surface area (Å²) in [5.41, 5.74) is 5.18. The van der Waals surface area contributed by atoms with Crippen LogP contribution in [0.4, 0.5) is 5.13 Å². The summed E-state index contributed by atoms with van der Waals surface area (Å²) in [5, 5.41) is 2.75. The monoisotopic (exact) mass is 378 g/mol. The van der Waals surface area contributed by atoms with E-state index >= 15 is 0 Å². The van der Waals surface area contributed by atoms with Crippen molar-refractivity contribution in [2.45, 2.75) is 40.0 Å². The maximum absolute atomic E-state index is 13.0. The highest BCUT2D eigenvalue weighted by atomic mass is 32.1. The van der Waals surface area contributed by atoms with Gasteiger partial charge in [0, 0.05) is 23.1 Å². The molecule has 0 spiro atoms. The van der Waals surface area contributed by atoms with Crippen molar-refractivity contribution in [3.63, 3.8) is 0 Å². The van der Waals surface area contributed by atoms with Crippen LogP contribution >= 0.6 is 11.3 Å². The van der Waals surface area contributed by atoms with E-state index in [-0.39, 0.29) is 11.3 Å². The minimum Gasteiger partial charge on any atom is -0.284 e. The molecule has 1 heterocycles. The molecule has 3 aromatic rings. The van der Waals surface area contributed by atoms with E-state index in [1.54, 1.807) is 4.90 Å².